The van der Waals surface area contributed by atoms with Crippen LogP contribution in [0.2, 0.25) is 5.02 Å². The van der Waals surface area contributed by atoms with Crippen LogP contribution in [0.5, 0.6) is 0 Å². The minimum Gasteiger partial charge on any atom is -0.353 e. The van der Waals surface area contributed by atoms with Crippen LogP contribution in [-0.2, 0) is 11.0 Å². The van der Waals surface area contributed by atoms with E-state index in [9.17, 15) is 31.5 Å². The summed E-state index contributed by atoms with van der Waals surface area (Å²) >= 11 is 5.69. The lowest BCUT2D eigenvalue weighted by Crippen LogP contribution is -2.60. The summed E-state index contributed by atoms with van der Waals surface area (Å²) in [6, 6.07) is 0.908. The fourth-order valence-corrected chi connectivity index (χ4v) is 4.02. The van der Waals surface area contributed by atoms with Gasteiger partial charge in [0, 0.05) is 24.8 Å². The van der Waals surface area contributed by atoms with Crippen LogP contribution in [0, 0.1) is 17.6 Å². The number of hydrogen-bond donors (Lipinski definition) is 2. The third-order valence-electron chi connectivity index (χ3n) is 5.64. The number of hydrogen-bond acceptors (Lipinski definition) is 3. The zero-order valence-electron chi connectivity index (χ0n) is 16.9. The molecule has 6 nitrogen and oxygen atoms in total. The molecule has 0 spiro atoms. The maximum absolute atomic E-state index is 14.8. The Balaban J connectivity index is 1.69. The maximum atomic E-state index is 14.8. The molecule has 2 N–H and O–H groups in total. The Morgan fingerprint density at radius 1 is 1.21 bits per heavy atom. The number of pyridine rings is 1. The van der Waals surface area contributed by atoms with Gasteiger partial charge in [-0.15, -0.1) is 0 Å². The number of alkyl halides is 3. The normalized spacial score (nSPS) is 19.8. The van der Waals surface area contributed by atoms with Crippen molar-refractivity contribution in [2.24, 2.45) is 5.92 Å². The Kier molecular flexibility index (Phi) is 6.17. The topological polar surface area (TPSA) is 74.3 Å². The first-order valence-electron chi connectivity index (χ1n) is 10.1. The predicted octanol–water partition coefficient (Wildman–Crippen LogP) is 4.04. The van der Waals surface area contributed by atoms with Gasteiger partial charge in [0.2, 0.25) is 5.91 Å². The van der Waals surface area contributed by atoms with E-state index in [1.165, 1.54) is 4.90 Å². The number of amides is 3. The van der Waals surface area contributed by atoms with E-state index in [-0.39, 0.29) is 36.0 Å². The van der Waals surface area contributed by atoms with Gasteiger partial charge >= 0.3 is 12.2 Å². The summed E-state index contributed by atoms with van der Waals surface area (Å²) in [6.45, 7) is 0.419. The number of halogens is 6. The molecule has 1 aromatic carbocycles. The van der Waals surface area contributed by atoms with Crippen LogP contribution in [0.3, 0.4) is 0 Å². The molecule has 0 bridgehead atoms. The van der Waals surface area contributed by atoms with E-state index in [0.717, 1.165) is 37.2 Å². The Morgan fingerprint density at radius 3 is 2.55 bits per heavy atom. The van der Waals surface area contributed by atoms with Crippen LogP contribution in [0.4, 0.5) is 26.7 Å². The molecule has 1 aliphatic carbocycles. The summed E-state index contributed by atoms with van der Waals surface area (Å²) in [5.41, 5.74) is -1.42. The second kappa shape index (κ2) is 8.77. The molecule has 33 heavy (non-hydrogen) atoms. The fraction of sp³-hybridized carbons (Fsp3) is 0.381. The van der Waals surface area contributed by atoms with Crippen molar-refractivity contribution >= 4 is 23.5 Å². The second-order valence-corrected chi connectivity index (χ2v) is 8.27. The Morgan fingerprint density at radius 2 is 1.94 bits per heavy atom. The Hall–Kier alpha value is -2.95. The number of nitrogens with zero attached hydrogens (tertiary/aromatic N) is 2. The Labute approximate surface area is 190 Å². The zero-order chi connectivity index (χ0) is 23.9. The van der Waals surface area contributed by atoms with Gasteiger partial charge in [0.1, 0.15) is 28.4 Å². The highest BCUT2D eigenvalue weighted by Gasteiger charge is 2.44. The molecule has 176 valence electrons. The molecule has 2 atom stereocenters. The third-order valence-corrected chi connectivity index (χ3v) is 5.99. The third kappa shape index (κ3) is 4.73. The SMILES string of the molecule is O=C1NCCN(C(=O)N[C@@H](c2ccc(C(F)(F)F)nc2)c2ccc(F)c(Cl)c2F)C1C1CC1. The number of urea groups is 1. The van der Waals surface area contributed by atoms with E-state index in [4.69, 9.17) is 11.6 Å². The molecule has 12 heteroatoms. The van der Waals surface area contributed by atoms with Crippen molar-refractivity contribution in [2.75, 3.05) is 13.1 Å². The summed E-state index contributed by atoms with van der Waals surface area (Å²) < 4.78 is 67.3. The number of benzene rings is 1. The molecule has 1 saturated carbocycles. The molecular formula is C21H18ClF5N4O2. The molecule has 1 saturated heterocycles. The number of piperazine rings is 1. The first-order valence-corrected chi connectivity index (χ1v) is 10.5. The first kappa shape index (κ1) is 23.2. The highest BCUT2D eigenvalue weighted by Crippen LogP contribution is 2.37. The molecule has 4 rings (SSSR count). The second-order valence-electron chi connectivity index (χ2n) is 7.89. The van der Waals surface area contributed by atoms with Gasteiger partial charge in [-0.3, -0.25) is 9.78 Å². The molecule has 1 unspecified atom stereocenters. The van der Waals surface area contributed by atoms with E-state index in [2.05, 4.69) is 15.6 Å². The summed E-state index contributed by atoms with van der Waals surface area (Å²) in [6.07, 6.45) is -2.29. The van der Waals surface area contributed by atoms with Crippen molar-refractivity contribution in [3.63, 3.8) is 0 Å². The smallest absolute Gasteiger partial charge is 0.353 e. The van der Waals surface area contributed by atoms with Gasteiger partial charge in [-0.1, -0.05) is 23.7 Å². The van der Waals surface area contributed by atoms with Crippen molar-refractivity contribution in [1.29, 1.82) is 0 Å². The molecule has 2 aliphatic rings. The van der Waals surface area contributed by atoms with Crippen molar-refractivity contribution in [2.45, 2.75) is 31.1 Å². The lowest BCUT2D eigenvalue weighted by atomic mass is 9.99. The lowest BCUT2D eigenvalue weighted by Gasteiger charge is -2.36. The first-order chi connectivity index (χ1) is 15.6. The van der Waals surface area contributed by atoms with Crippen LogP contribution >= 0.6 is 11.6 Å². The summed E-state index contributed by atoms with van der Waals surface area (Å²) in [5.74, 6) is -2.51. The van der Waals surface area contributed by atoms with E-state index >= 15 is 0 Å². The molecule has 1 aromatic heterocycles. The van der Waals surface area contributed by atoms with E-state index in [1.807, 2.05) is 0 Å². The average Bonchev–Trinajstić information content (AvgIpc) is 3.61. The molecule has 3 amide bonds. The summed E-state index contributed by atoms with van der Waals surface area (Å²) in [4.78, 5) is 30.1. The van der Waals surface area contributed by atoms with Crippen LogP contribution < -0.4 is 10.6 Å². The van der Waals surface area contributed by atoms with Crippen LogP contribution in [0.1, 0.15) is 35.7 Å². The number of rotatable bonds is 4. The van der Waals surface area contributed by atoms with E-state index in [0.29, 0.717) is 6.07 Å². The number of carbonyl (C=O) groups is 2. The maximum Gasteiger partial charge on any atom is 0.433 e. The van der Waals surface area contributed by atoms with Gasteiger partial charge in [-0.05, 0) is 36.5 Å². The standard InChI is InChI=1S/C21H18ClF5N4O2/c22-15-13(23)5-4-12(16(15)24)17(11-3-6-14(29-9-11)21(25,26)27)30-20(33)31-8-7-28-19(32)18(31)10-1-2-10/h3-6,9-10,17-18H,1-2,7-8H2,(H,28,32)(H,30,33)/t17-,18?/m0/s1. The van der Waals surface area contributed by atoms with E-state index in [1.54, 1.807) is 0 Å². The molecule has 2 aromatic rings. The molecule has 0 radical (unpaired) electrons. The molecule has 2 fully saturated rings. The van der Waals surface area contributed by atoms with Gasteiger partial charge in [-0.2, -0.15) is 13.2 Å². The van der Waals surface area contributed by atoms with Crippen molar-refractivity contribution in [3.8, 4) is 0 Å². The van der Waals surface area contributed by atoms with Gasteiger partial charge < -0.3 is 15.5 Å². The predicted molar refractivity (Wildman–Crippen MR) is 107 cm³/mol. The van der Waals surface area contributed by atoms with Crippen LogP contribution in [0.25, 0.3) is 0 Å². The highest BCUT2D eigenvalue weighted by molar-refractivity contribution is 6.31. The fourth-order valence-electron chi connectivity index (χ4n) is 3.85. The van der Waals surface area contributed by atoms with Crippen molar-refractivity contribution in [3.05, 3.63) is 63.9 Å². The largest absolute Gasteiger partial charge is 0.433 e. The van der Waals surface area contributed by atoms with Crippen molar-refractivity contribution in [1.82, 2.24) is 20.5 Å². The molecular weight excluding hydrogens is 471 g/mol. The minimum absolute atomic E-state index is 0.000706. The van der Waals surface area contributed by atoms with Crippen LogP contribution in [0.15, 0.2) is 30.5 Å². The molecule has 2 heterocycles. The number of aromatic nitrogens is 1. The highest BCUT2D eigenvalue weighted by atomic mass is 35.5. The minimum atomic E-state index is -4.69. The van der Waals surface area contributed by atoms with Gasteiger partial charge in [0.15, 0.2) is 0 Å². The van der Waals surface area contributed by atoms with E-state index < -0.39 is 46.6 Å². The number of carbonyl (C=O) groups excluding carboxylic acids is 2. The van der Waals surface area contributed by atoms with Gasteiger partial charge in [0.25, 0.3) is 0 Å². The van der Waals surface area contributed by atoms with Crippen LogP contribution in [-0.4, -0.2) is 41.0 Å². The monoisotopic (exact) mass is 488 g/mol. The lowest BCUT2D eigenvalue weighted by molar-refractivity contribution is -0.141. The summed E-state index contributed by atoms with van der Waals surface area (Å²) in [5, 5.41) is 4.45. The van der Waals surface area contributed by atoms with Gasteiger partial charge in [-0.25, -0.2) is 13.6 Å². The Bertz CT molecular complexity index is 1080. The average molecular weight is 489 g/mol. The zero-order valence-corrected chi connectivity index (χ0v) is 17.7. The number of nitrogens with one attached hydrogen (secondary N) is 2. The quantitative estimate of drug-likeness (QED) is 0.504. The van der Waals surface area contributed by atoms with Gasteiger partial charge in [0.05, 0.1) is 6.04 Å². The summed E-state index contributed by atoms with van der Waals surface area (Å²) in [7, 11) is 0. The van der Waals surface area contributed by atoms with Crippen molar-refractivity contribution < 1.29 is 31.5 Å². The molecule has 1 aliphatic heterocycles.